The highest BCUT2D eigenvalue weighted by atomic mass is 32.1. The highest BCUT2D eigenvalue weighted by Gasteiger charge is 2.12. The number of amides is 2. The monoisotopic (exact) mass is 282 g/mol. The maximum atomic E-state index is 11.9. The molecule has 0 atom stereocenters. The predicted octanol–water partition coefficient (Wildman–Crippen LogP) is 2.88. The molecule has 0 aliphatic rings. The van der Waals surface area contributed by atoms with Crippen LogP contribution < -0.4 is 5.32 Å². The van der Waals surface area contributed by atoms with Crippen LogP contribution >= 0.6 is 22.7 Å². The molecule has 2 aromatic rings. The van der Waals surface area contributed by atoms with Crippen molar-refractivity contribution in [3.63, 3.8) is 0 Å². The van der Waals surface area contributed by atoms with Crippen molar-refractivity contribution in [2.75, 3.05) is 12.4 Å². The Labute approximate surface area is 114 Å². The standard InChI is InChI=1S/C11H14N4OS2/c1-7-4-13-10(17-7)14-11(16)15(3)6-9-5-12-8(2)18-9/h4-5H,6H2,1-3H3,(H,13,14,16). The fourth-order valence-corrected chi connectivity index (χ4v) is 2.89. The molecule has 0 fully saturated rings. The van der Waals surface area contributed by atoms with E-state index in [-0.39, 0.29) is 6.03 Å². The van der Waals surface area contributed by atoms with Crippen LogP contribution in [0.3, 0.4) is 0 Å². The lowest BCUT2D eigenvalue weighted by Crippen LogP contribution is -2.30. The molecule has 0 aliphatic heterocycles. The van der Waals surface area contributed by atoms with E-state index in [0.29, 0.717) is 11.7 Å². The summed E-state index contributed by atoms with van der Waals surface area (Å²) in [6.45, 7) is 4.46. The smallest absolute Gasteiger partial charge is 0.322 e. The number of carbonyl (C=O) groups is 1. The summed E-state index contributed by atoms with van der Waals surface area (Å²) in [7, 11) is 1.75. The van der Waals surface area contributed by atoms with Crippen molar-refractivity contribution in [2.24, 2.45) is 0 Å². The minimum Gasteiger partial charge on any atom is -0.322 e. The summed E-state index contributed by atoms with van der Waals surface area (Å²) in [5.74, 6) is 0. The molecule has 0 unspecified atom stereocenters. The third-order valence-corrected chi connectivity index (χ3v) is 3.97. The fraction of sp³-hybridized carbons (Fsp3) is 0.364. The third-order valence-electron chi connectivity index (χ3n) is 2.24. The molecule has 2 rings (SSSR count). The Bertz CT molecular complexity index is 549. The molecule has 1 N–H and O–H groups in total. The molecule has 2 amide bonds. The fourth-order valence-electron chi connectivity index (χ4n) is 1.38. The van der Waals surface area contributed by atoms with Crippen LogP contribution in [0.25, 0.3) is 0 Å². The van der Waals surface area contributed by atoms with Crippen LogP contribution in [0.2, 0.25) is 0 Å². The second kappa shape index (κ2) is 5.45. The van der Waals surface area contributed by atoms with Gasteiger partial charge in [-0.05, 0) is 13.8 Å². The van der Waals surface area contributed by atoms with Gasteiger partial charge in [0, 0.05) is 29.2 Å². The zero-order valence-electron chi connectivity index (χ0n) is 10.4. The summed E-state index contributed by atoms with van der Waals surface area (Å²) in [6, 6.07) is -0.157. The first-order valence-corrected chi connectivity index (χ1v) is 7.04. The largest absolute Gasteiger partial charge is 0.323 e. The molecule has 18 heavy (non-hydrogen) atoms. The predicted molar refractivity (Wildman–Crippen MR) is 74.2 cm³/mol. The zero-order chi connectivity index (χ0) is 13.1. The van der Waals surface area contributed by atoms with Gasteiger partial charge in [0.2, 0.25) is 0 Å². The van der Waals surface area contributed by atoms with Gasteiger partial charge in [-0.1, -0.05) is 0 Å². The molecule has 0 saturated heterocycles. The Morgan fingerprint density at radius 2 is 2.11 bits per heavy atom. The van der Waals surface area contributed by atoms with Crippen molar-refractivity contribution in [3.05, 3.63) is 27.2 Å². The van der Waals surface area contributed by atoms with Crippen LogP contribution in [-0.2, 0) is 6.54 Å². The topological polar surface area (TPSA) is 58.1 Å². The van der Waals surface area contributed by atoms with Gasteiger partial charge in [0.25, 0.3) is 0 Å². The number of urea groups is 1. The number of aryl methyl sites for hydroxylation is 2. The van der Waals surface area contributed by atoms with Crippen molar-refractivity contribution in [2.45, 2.75) is 20.4 Å². The Morgan fingerprint density at radius 1 is 1.33 bits per heavy atom. The van der Waals surface area contributed by atoms with Gasteiger partial charge in [-0.2, -0.15) is 0 Å². The lowest BCUT2D eigenvalue weighted by atomic mass is 10.5. The number of hydrogen-bond donors (Lipinski definition) is 1. The van der Waals surface area contributed by atoms with Gasteiger partial charge in [-0.3, -0.25) is 5.32 Å². The number of nitrogens with zero attached hydrogens (tertiary/aromatic N) is 3. The van der Waals surface area contributed by atoms with E-state index in [1.54, 1.807) is 35.7 Å². The van der Waals surface area contributed by atoms with Gasteiger partial charge in [0.15, 0.2) is 5.13 Å². The average molecular weight is 282 g/mol. The summed E-state index contributed by atoms with van der Waals surface area (Å²) in [4.78, 5) is 23.9. The molecule has 0 spiro atoms. The summed E-state index contributed by atoms with van der Waals surface area (Å²) in [6.07, 6.45) is 3.55. The van der Waals surface area contributed by atoms with Crippen molar-refractivity contribution in [1.82, 2.24) is 14.9 Å². The quantitative estimate of drug-likeness (QED) is 0.941. The zero-order valence-corrected chi connectivity index (χ0v) is 12.1. The van der Waals surface area contributed by atoms with Crippen LogP contribution in [0.15, 0.2) is 12.4 Å². The van der Waals surface area contributed by atoms with E-state index in [1.807, 2.05) is 13.8 Å². The minimum absolute atomic E-state index is 0.157. The second-order valence-electron chi connectivity index (χ2n) is 3.91. The molecule has 5 nitrogen and oxygen atoms in total. The van der Waals surface area contributed by atoms with E-state index in [1.165, 1.54) is 11.3 Å². The first-order chi connectivity index (χ1) is 8.54. The number of anilines is 1. The second-order valence-corrected chi connectivity index (χ2v) is 6.46. The van der Waals surface area contributed by atoms with Crippen LogP contribution in [-0.4, -0.2) is 27.9 Å². The van der Waals surface area contributed by atoms with Gasteiger partial charge in [-0.25, -0.2) is 14.8 Å². The van der Waals surface area contributed by atoms with E-state index in [0.717, 1.165) is 14.8 Å². The molecular formula is C11H14N4OS2. The molecule has 0 aromatic carbocycles. The maximum Gasteiger partial charge on any atom is 0.323 e. The van der Waals surface area contributed by atoms with Crippen LogP contribution in [0.4, 0.5) is 9.93 Å². The van der Waals surface area contributed by atoms with E-state index in [9.17, 15) is 4.79 Å². The molecule has 0 saturated carbocycles. The molecular weight excluding hydrogens is 268 g/mol. The molecule has 7 heteroatoms. The third kappa shape index (κ3) is 3.27. The first-order valence-electron chi connectivity index (χ1n) is 5.40. The van der Waals surface area contributed by atoms with E-state index in [2.05, 4.69) is 15.3 Å². The van der Waals surface area contributed by atoms with Crippen LogP contribution in [0, 0.1) is 13.8 Å². The molecule has 2 aromatic heterocycles. The lowest BCUT2D eigenvalue weighted by Gasteiger charge is -2.15. The number of thiazole rings is 2. The highest BCUT2D eigenvalue weighted by Crippen LogP contribution is 2.18. The molecule has 96 valence electrons. The number of nitrogens with one attached hydrogen (secondary N) is 1. The Balaban J connectivity index is 1.92. The maximum absolute atomic E-state index is 11.9. The molecule has 2 heterocycles. The van der Waals surface area contributed by atoms with Gasteiger partial charge in [0.05, 0.1) is 11.6 Å². The van der Waals surface area contributed by atoms with E-state index < -0.39 is 0 Å². The van der Waals surface area contributed by atoms with Crippen LogP contribution in [0.1, 0.15) is 14.8 Å². The minimum atomic E-state index is -0.157. The number of hydrogen-bond acceptors (Lipinski definition) is 5. The normalized spacial score (nSPS) is 10.4. The van der Waals surface area contributed by atoms with E-state index >= 15 is 0 Å². The Hall–Kier alpha value is -1.47. The lowest BCUT2D eigenvalue weighted by molar-refractivity contribution is 0.221. The molecule has 0 radical (unpaired) electrons. The van der Waals surface area contributed by atoms with Gasteiger partial charge in [-0.15, -0.1) is 22.7 Å². The summed E-state index contributed by atoms with van der Waals surface area (Å²) >= 11 is 3.06. The summed E-state index contributed by atoms with van der Waals surface area (Å²) in [5, 5.41) is 4.41. The molecule has 0 bridgehead atoms. The van der Waals surface area contributed by atoms with E-state index in [4.69, 9.17) is 0 Å². The summed E-state index contributed by atoms with van der Waals surface area (Å²) < 4.78 is 0. The van der Waals surface area contributed by atoms with Crippen molar-refractivity contribution in [1.29, 1.82) is 0 Å². The number of carbonyl (C=O) groups excluding carboxylic acids is 1. The van der Waals surface area contributed by atoms with Gasteiger partial charge in [0.1, 0.15) is 0 Å². The Kier molecular flexibility index (Phi) is 3.93. The van der Waals surface area contributed by atoms with Crippen molar-refractivity contribution in [3.8, 4) is 0 Å². The summed E-state index contributed by atoms with van der Waals surface area (Å²) in [5.41, 5.74) is 0. The Morgan fingerprint density at radius 3 is 2.67 bits per heavy atom. The molecule has 0 aliphatic carbocycles. The van der Waals surface area contributed by atoms with Gasteiger partial charge >= 0.3 is 6.03 Å². The highest BCUT2D eigenvalue weighted by molar-refractivity contribution is 7.15. The number of rotatable bonds is 3. The van der Waals surface area contributed by atoms with Crippen molar-refractivity contribution >= 4 is 33.8 Å². The first kappa shape index (κ1) is 13.0. The van der Waals surface area contributed by atoms with Gasteiger partial charge < -0.3 is 4.90 Å². The SMILES string of the molecule is Cc1cnc(NC(=O)N(C)Cc2cnc(C)s2)s1. The van der Waals surface area contributed by atoms with Crippen molar-refractivity contribution < 1.29 is 4.79 Å². The van der Waals surface area contributed by atoms with Crippen LogP contribution in [0.5, 0.6) is 0 Å². The number of aromatic nitrogens is 2. The average Bonchev–Trinajstić information content (AvgIpc) is 2.88.